The van der Waals surface area contributed by atoms with Gasteiger partial charge in [-0.05, 0) is 44.2 Å². The van der Waals surface area contributed by atoms with Gasteiger partial charge in [0.25, 0.3) is 0 Å². The van der Waals surface area contributed by atoms with Crippen molar-refractivity contribution in [2.75, 3.05) is 26.2 Å². The van der Waals surface area contributed by atoms with Gasteiger partial charge in [-0.2, -0.15) is 0 Å². The SMILES string of the molecule is CC1CC(C)N(C[C@@H]2CNC[C@H]2C)C1. The van der Waals surface area contributed by atoms with Crippen molar-refractivity contribution in [2.45, 2.75) is 33.2 Å². The van der Waals surface area contributed by atoms with Crippen molar-refractivity contribution in [3.63, 3.8) is 0 Å². The lowest BCUT2D eigenvalue weighted by molar-refractivity contribution is 0.210. The molecule has 2 nitrogen and oxygen atoms in total. The molecule has 2 rings (SSSR count). The van der Waals surface area contributed by atoms with Gasteiger partial charge in [0, 0.05) is 19.1 Å². The molecule has 2 aliphatic heterocycles. The lowest BCUT2D eigenvalue weighted by Gasteiger charge is -2.26. The third-order valence-electron chi connectivity index (χ3n) is 4.06. The second kappa shape index (κ2) is 4.19. The van der Waals surface area contributed by atoms with Crippen molar-refractivity contribution in [3.05, 3.63) is 0 Å². The topological polar surface area (TPSA) is 15.3 Å². The van der Waals surface area contributed by atoms with E-state index < -0.39 is 0 Å². The molecule has 1 N–H and O–H groups in total. The van der Waals surface area contributed by atoms with Crippen LogP contribution in [0, 0.1) is 17.8 Å². The summed E-state index contributed by atoms with van der Waals surface area (Å²) in [5.41, 5.74) is 0. The second-order valence-corrected chi connectivity index (χ2v) is 5.54. The Labute approximate surface area is 88.1 Å². The molecule has 0 bridgehead atoms. The molecule has 2 saturated heterocycles. The molecule has 2 heteroatoms. The average Bonchev–Trinajstić information content (AvgIpc) is 2.62. The Hall–Kier alpha value is -0.0800. The lowest BCUT2D eigenvalue weighted by atomic mass is 9.97. The van der Waals surface area contributed by atoms with E-state index in [2.05, 4.69) is 31.0 Å². The predicted molar refractivity (Wildman–Crippen MR) is 60.3 cm³/mol. The maximum atomic E-state index is 3.50. The maximum absolute atomic E-state index is 3.50. The highest BCUT2D eigenvalue weighted by Gasteiger charge is 2.31. The van der Waals surface area contributed by atoms with E-state index in [-0.39, 0.29) is 0 Å². The first-order valence-corrected chi connectivity index (χ1v) is 6.11. The molecule has 2 aliphatic rings. The fourth-order valence-electron chi connectivity index (χ4n) is 3.05. The molecular weight excluding hydrogens is 172 g/mol. The van der Waals surface area contributed by atoms with Gasteiger partial charge in [-0.1, -0.05) is 13.8 Å². The summed E-state index contributed by atoms with van der Waals surface area (Å²) < 4.78 is 0. The van der Waals surface area contributed by atoms with Crippen LogP contribution < -0.4 is 5.32 Å². The van der Waals surface area contributed by atoms with Crippen LogP contribution in [-0.4, -0.2) is 37.1 Å². The van der Waals surface area contributed by atoms with Crippen molar-refractivity contribution < 1.29 is 0 Å². The molecule has 0 saturated carbocycles. The van der Waals surface area contributed by atoms with Crippen LogP contribution >= 0.6 is 0 Å². The molecule has 0 aromatic carbocycles. The van der Waals surface area contributed by atoms with Crippen molar-refractivity contribution in [1.82, 2.24) is 10.2 Å². The number of nitrogens with one attached hydrogen (secondary N) is 1. The van der Waals surface area contributed by atoms with Gasteiger partial charge in [0.1, 0.15) is 0 Å². The standard InChI is InChI=1S/C12H24N2/c1-9-4-11(3)14(7-9)8-12-6-13-5-10(12)2/h9-13H,4-8H2,1-3H3/t9?,10-,11?,12+/m1/s1. The summed E-state index contributed by atoms with van der Waals surface area (Å²) in [7, 11) is 0. The van der Waals surface area contributed by atoms with Crippen LogP contribution in [-0.2, 0) is 0 Å². The van der Waals surface area contributed by atoms with E-state index >= 15 is 0 Å². The highest BCUT2D eigenvalue weighted by molar-refractivity contribution is 4.86. The van der Waals surface area contributed by atoms with Gasteiger partial charge >= 0.3 is 0 Å². The molecule has 2 fully saturated rings. The summed E-state index contributed by atoms with van der Waals surface area (Å²) in [4.78, 5) is 2.69. The molecule has 82 valence electrons. The van der Waals surface area contributed by atoms with Gasteiger partial charge in [-0.3, -0.25) is 0 Å². The van der Waals surface area contributed by atoms with E-state index in [1.54, 1.807) is 0 Å². The van der Waals surface area contributed by atoms with Crippen LogP contribution in [0.25, 0.3) is 0 Å². The van der Waals surface area contributed by atoms with Gasteiger partial charge in [0.2, 0.25) is 0 Å². The molecule has 2 heterocycles. The van der Waals surface area contributed by atoms with Crippen LogP contribution in [0.2, 0.25) is 0 Å². The summed E-state index contributed by atoms with van der Waals surface area (Å²) in [6.07, 6.45) is 1.40. The molecule has 14 heavy (non-hydrogen) atoms. The lowest BCUT2D eigenvalue weighted by Crippen LogP contribution is -2.34. The number of hydrogen-bond acceptors (Lipinski definition) is 2. The summed E-state index contributed by atoms with van der Waals surface area (Å²) in [6, 6.07) is 0.817. The summed E-state index contributed by atoms with van der Waals surface area (Å²) in [6.45, 7) is 12.3. The Balaban J connectivity index is 1.85. The zero-order valence-corrected chi connectivity index (χ0v) is 9.79. The highest BCUT2D eigenvalue weighted by atomic mass is 15.2. The van der Waals surface area contributed by atoms with E-state index in [9.17, 15) is 0 Å². The van der Waals surface area contributed by atoms with Crippen LogP contribution in [0.15, 0.2) is 0 Å². The van der Waals surface area contributed by atoms with Crippen LogP contribution in [0.4, 0.5) is 0 Å². The molecule has 4 atom stereocenters. The van der Waals surface area contributed by atoms with Crippen molar-refractivity contribution in [1.29, 1.82) is 0 Å². The minimum atomic E-state index is 0.817. The van der Waals surface area contributed by atoms with E-state index in [4.69, 9.17) is 0 Å². The number of hydrogen-bond donors (Lipinski definition) is 1. The van der Waals surface area contributed by atoms with Gasteiger partial charge in [-0.25, -0.2) is 0 Å². The molecule has 0 aliphatic carbocycles. The number of likely N-dealkylation sites (tertiary alicyclic amines) is 1. The van der Waals surface area contributed by atoms with E-state index in [1.807, 2.05) is 0 Å². The zero-order chi connectivity index (χ0) is 10.1. The van der Waals surface area contributed by atoms with Crippen molar-refractivity contribution >= 4 is 0 Å². The highest BCUT2D eigenvalue weighted by Crippen LogP contribution is 2.26. The molecule has 0 aromatic rings. The third-order valence-corrected chi connectivity index (χ3v) is 4.06. The summed E-state index contributed by atoms with van der Waals surface area (Å²) >= 11 is 0. The zero-order valence-electron chi connectivity index (χ0n) is 9.79. The molecule has 2 unspecified atom stereocenters. The third kappa shape index (κ3) is 2.12. The largest absolute Gasteiger partial charge is 0.316 e. The fraction of sp³-hybridized carbons (Fsp3) is 1.00. The Morgan fingerprint density at radius 3 is 2.50 bits per heavy atom. The normalized spacial score (nSPS) is 44.8. The number of rotatable bonds is 2. The van der Waals surface area contributed by atoms with E-state index in [0.29, 0.717) is 0 Å². The first-order valence-electron chi connectivity index (χ1n) is 6.11. The van der Waals surface area contributed by atoms with Gasteiger partial charge < -0.3 is 10.2 Å². The van der Waals surface area contributed by atoms with E-state index in [1.165, 1.54) is 32.6 Å². The second-order valence-electron chi connectivity index (χ2n) is 5.54. The average molecular weight is 196 g/mol. The predicted octanol–water partition coefficient (Wildman–Crippen LogP) is 1.57. The molecular formula is C12H24N2. The Morgan fingerprint density at radius 1 is 1.21 bits per heavy atom. The molecule has 0 amide bonds. The van der Waals surface area contributed by atoms with Gasteiger partial charge in [0.15, 0.2) is 0 Å². The fourth-order valence-corrected chi connectivity index (χ4v) is 3.05. The van der Waals surface area contributed by atoms with E-state index in [0.717, 1.165) is 23.8 Å². The molecule has 0 aromatic heterocycles. The quantitative estimate of drug-likeness (QED) is 0.721. The van der Waals surface area contributed by atoms with Crippen molar-refractivity contribution in [2.24, 2.45) is 17.8 Å². The number of nitrogens with zero attached hydrogens (tertiary/aromatic N) is 1. The van der Waals surface area contributed by atoms with Gasteiger partial charge in [-0.15, -0.1) is 0 Å². The minimum Gasteiger partial charge on any atom is -0.316 e. The molecule has 0 radical (unpaired) electrons. The summed E-state index contributed by atoms with van der Waals surface area (Å²) in [5.74, 6) is 2.68. The van der Waals surface area contributed by atoms with Crippen LogP contribution in [0.3, 0.4) is 0 Å². The molecule has 0 spiro atoms. The van der Waals surface area contributed by atoms with Crippen LogP contribution in [0.1, 0.15) is 27.2 Å². The minimum absolute atomic E-state index is 0.817. The van der Waals surface area contributed by atoms with Crippen LogP contribution in [0.5, 0.6) is 0 Å². The summed E-state index contributed by atoms with van der Waals surface area (Å²) in [5, 5.41) is 3.50. The monoisotopic (exact) mass is 196 g/mol. The maximum Gasteiger partial charge on any atom is 0.00701 e. The van der Waals surface area contributed by atoms with Gasteiger partial charge in [0.05, 0.1) is 0 Å². The Bertz CT molecular complexity index is 193. The smallest absolute Gasteiger partial charge is 0.00701 e. The Kier molecular flexibility index (Phi) is 3.13. The Morgan fingerprint density at radius 2 is 2.00 bits per heavy atom. The first-order chi connectivity index (χ1) is 6.66. The van der Waals surface area contributed by atoms with Crippen molar-refractivity contribution in [3.8, 4) is 0 Å². The first kappa shape index (κ1) is 10.4.